The van der Waals surface area contributed by atoms with E-state index in [4.69, 9.17) is 13.9 Å². The summed E-state index contributed by atoms with van der Waals surface area (Å²) in [5, 5.41) is 0. The third-order valence-electron chi connectivity index (χ3n) is 3.79. The summed E-state index contributed by atoms with van der Waals surface area (Å²) in [4.78, 5) is 8.35. The molecule has 0 fully saturated rings. The average molecular weight is 441 g/mol. The fourth-order valence-corrected chi connectivity index (χ4v) is 2.65. The average Bonchev–Trinajstić information content (AvgIpc) is 3.19. The zero-order valence-corrected chi connectivity index (χ0v) is 16.1. The van der Waals surface area contributed by atoms with Gasteiger partial charge >= 0.3 is 0 Å². The normalized spacial score (nSPS) is 10.6. The second kappa shape index (κ2) is 8.22. The third-order valence-corrected chi connectivity index (χ3v) is 4.26. The minimum Gasteiger partial charge on any atom is -0.484 e. The van der Waals surface area contributed by atoms with Crippen LogP contribution < -0.4 is 9.47 Å². The predicted octanol–water partition coefficient (Wildman–Crippen LogP) is 6.01. The van der Waals surface area contributed by atoms with Crippen molar-refractivity contribution >= 4 is 15.9 Å². The highest BCUT2D eigenvalue weighted by molar-refractivity contribution is 9.10. The molecule has 5 nitrogen and oxygen atoms in total. The van der Waals surface area contributed by atoms with Crippen LogP contribution in [0.4, 0.5) is 4.39 Å². The van der Waals surface area contributed by atoms with E-state index in [1.54, 1.807) is 54.9 Å². The van der Waals surface area contributed by atoms with Gasteiger partial charge in [0.1, 0.15) is 17.3 Å². The first-order valence-corrected chi connectivity index (χ1v) is 9.18. The Bertz CT molecular complexity index is 1050. The van der Waals surface area contributed by atoms with Crippen LogP contribution in [-0.4, -0.2) is 9.97 Å². The van der Waals surface area contributed by atoms with Crippen molar-refractivity contribution in [2.75, 3.05) is 0 Å². The fourth-order valence-electron chi connectivity index (χ4n) is 2.42. The molecule has 0 spiro atoms. The second-order valence-electron chi connectivity index (χ2n) is 5.80. The SMILES string of the molecule is Fc1ccc(-c2cnc(COc3ccc(Oc4ccc(Br)cn4)cc3)o2)cc1. The van der Waals surface area contributed by atoms with Gasteiger partial charge < -0.3 is 13.9 Å². The lowest BCUT2D eigenvalue weighted by Gasteiger charge is -2.07. The predicted molar refractivity (Wildman–Crippen MR) is 105 cm³/mol. The summed E-state index contributed by atoms with van der Waals surface area (Å²) in [6.07, 6.45) is 3.26. The van der Waals surface area contributed by atoms with E-state index in [0.29, 0.717) is 29.0 Å². The van der Waals surface area contributed by atoms with Crippen molar-refractivity contribution < 1.29 is 18.3 Å². The lowest BCUT2D eigenvalue weighted by Crippen LogP contribution is -1.95. The first-order chi connectivity index (χ1) is 13.7. The number of hydrogen-bond donors (Lipinski definition) is 0. The van der Waals surface area contributed by atoms with Crippen molar-refractivity contribution in [1.82, 2.24) is 9.97 Å². The van der Waals surface area contributed by atoms with Crippen molar-refractivity contribution in [2.45, 2.75) is 6.61 Å². The van der Waals surface area contributed by atoms with Gasteiger partial charge in [0, 0.05) is 22.3 Å². The van der Waals surface area contributed by atoms with Crippen LogP contribution >= 0.6 is 15.9 Å². The van der Waals surface area contributed by atoms with E-state index in [1.807, 2.05) is 6.07 Å². The molecular formula is C21H14BrFN2O3. The van der Waals surface area contributed by atoms with Crippen LogP contribution in [0.25, 0.3) is 11.3 Å². The molecule has 2 aromatic heterocycles. The highest BCUT2D eigenvalue weighted by atomic mass is 79.9. The Labute approximate surface area is 168 Å². The number of aromatic nitrogens is 2. The molecule has 0 unspecified atom stereocenters. The molecule has 2 aromatic carbocycles. The van der Waals surface area contributed by atoms with Crippen molar-refractivity contribution in [3.8, 4) is 28.7 Å². The summed E-state index contributed by atoms with van der Waals surface area (Å²) in [6.45, 7) is 0.176. The van der Waals surface area contributed by atoms with Gasteiger partial charge in [0.15, 0.2) is 12.4 Å². The zero-order valence-electron chi connectivity index (χ0n) is 14.5. The molecule has 0 radical (unpaired) electrons. The first kappa shape index (κ1) is 18.2. The molecular weight excluding hydrogens is 427 g/mol. The van der Waals surface area contributed by atoms with Crippen molar-refractivity contribution in [2.24, 2.45) is 0 Å². The molecule has 0 saturated heterocycles. The Morgan fingerprint density at radius 3 is 2.32 bits per heavy atom. The number of nitrogens with zero attached hydrogens (tertiary/aromatic N) is 2. The molecule has 2 heterocycles. The van der Waals surface area contributed by atoms with Crippen LogP contribution in [0.3, 0.4) is 0 Å². The molecule has 0 amide bonds. The van der Waals surface area contributed by atoms with Gasteiger partial charge in [-0.15, -0.1) is 0 Å². The smallest absolute Gasteiger partial charge is 0.232 e. The molecule has 0 N–H and O–H groups in total. The van der Waals surface area contributed by atoms with E-state index in [2.05, 4.69) is 25.9 Å². The van der Waals surface area contributed by atoms with Gasteiger partial charge in [-0.2, -0.15) is 0 Å². The maximum atomic E-state index is 13.0. The number of pyridine rings is 1. The van der Waals surface area contributed by atoms with Gasteiger partial charge in [0.2, 0.25) is 11.8 Å². The Kier molecular flexibility index (Phi) is 5.34. The molecule has 28 heavy (non-hydrogen) atoms. The molecule has 0 aliphatic rings. The molecule has 0 aliphatic heterocycles. The zero-order chi connectivity index (χ0) is 19.3. The number of halogens is 2. The van der Waals surface area contributed by atoms with Crippen LogP contribution in [-0.2, 0) is 6.61 Å². The van der Waals surface area contributed by atoms with Gasteiger partial charge in [-0.25, -0.2) is 14.4 Å². The highest BCUT2D eigenvalue weighted by Crippen LogP contribution is 2.25. The number of hydrogen-bond acceptors (Lipinski definition) is 5. The van der Waals surface area contributed by atoms with Crippen LogP contribution in [0.2, 0.25) is 0 Å². The van der Waals surface area contributed by atoms with Crippen LogP contribution in [0.1, 0.15) is 5.89 Å². The van der Waals surface area contributed by atoms with E-state index < -0.39 is 0 Å². The summed E-state index contributed by atoms with van der Waals surface area (Å²) in [6, 6.07) is 16.8. The maximum Gasteiger partial charge on any atom is 0.232 e. The number of benzene rings is 2. The van der Waals surface area contributed by atoms with E-state index in [9.17, 15) is 4.39 Å². The van der Waals surface area contributed by atoms with Gasteiger partial charge in [0.05, 0.1) is 6.20 Å². The summed E-state index contributed by atoms with van der Waals surface area (Å²) < 4.78 is 30.9. The largest absolute Gasteiger partial charge is 0.484 e. The minimum absolute atomic E-state index is 0.176. The van der Waals surface area contributed by atoms with Crippen molar-refractivity contribution in [3.05, 3.63) is 89.2 Å². The molecule has 0 saturated carbocycles. The molecule has 0 atom stereocenters. The second-order valence-corrected chi connectivity index (χ2v) is 6.72. The summed E-state index contributed by atoms with van der Waals surface area (Å²) >= 11 is 3.33. The Morgan fingerprint density at radius 2 is 1.61 bits per heavy atom. The first-order valence-electron chi connectivity index (χ1n) is 8.39. The highest BCUT2D eigenvalue weighted by Gasteiger charge is 2.08. The van der Waals surface area contributed by atoms with E-state index in [0.717, 1.165) is 10.0 Å². The number of ether oxygens (including phenoxy) is 2. The fraction of sp³-hybridized carbons (Fsp3) is 0.0476. The van der Waals surface area contributed by atoms with Crippen molar-refractivity contribution in [3.63, 3.8) is 0 Å². The molecule has 0 aliphatic carbocycles. The summed E-state index contributed by atoms with van der Waals surface area (Å²) in [5.41, 5.74) is 0.753. The van der Waals surface area contributed by atoms with E-state index >= 15 is 0 Å². The van der Waals surface area contributed by atoms with E-state index in [1.165, 1.54) is 12.1 Å². The molecule has 4 rings (SSSR count). The topological polar surface area (TPSA) is 57.4 Å². The number of rotatable bonds is 6. The van der Waals surface area contributed by atoms with Gasteiger partial charge in [-0.1, -0.05) is 0 Å². The monoisotopic (exact) mass is 440 g/mol. The van der Waals surface area contributed by atoms with Gasteiger partial charge in [-0.05, 0) is 70.5 Å². The van der Waals surface area contributed by atoms with Crippen molar-refractivity contribution in [1.29, 1.82) is 0 Å². The quantitative estimate of drug-likeness (QED) is 0.367. The Morgan fingerprint density at radius 1 is 0.857 bits per heavy atom. The molecule has 4 aromatic rings. The molecule has 7 heteroatoms. The van der Waals surface area contributed by atoms with Gasteiger partial charge in [0.25, 0.3) is 0 Å². The third kappa shape index (κ3) is 4.55. The summed E-state index contributed by atoms with van der Waals surface area (Å²) in [5.74, 6) is 2.50. The lowest BCUT2D eigenvalue weighted by molar-refractivity contribution is 0.264. The van der Waals surface area contributed by atoms with Crippen LogP contribution in [0, 0.1) is 5.82 Å². The van der Waals surface area contributed by atoms with Crippen LogP contribution in [0.15, 0.2) is 81.9 Å². The maximum absolute atomic E-state index is 13.0. The standard InChI is InChI=1S/C21H14BrFN2O3/c22-15-3-10-20(24-11-15)27-18-8-6-17(7-9-18)26-13-21-25-12-19(28-21)14-1-4-16(23)5-2-14/h1-12H,13H2. The Balaban J connectivity index is 1.35. The number of oxazole rings is 1. The molecule has 0 bridgehead atoms. The summed E-state index contributed by atoms with van der Waals surface area (Å²) in [7, 11) is 0. The molecule has 140 valence electrons. The Hall–Kier alpha value is -3.19. The minimum atomic E-state index is -0.296. The van der Waals surface area contributed by atoms with Gasteiger partial charge in [-0.3, -0.25) is 0 Å². The van der Waals surface area contributed by atoms with Crippen LogP contribution in [0.5, 0.6) is 17.4 Å². The van der Waals surface area contributed by atoms with E-state index in [-0.39, 0.29) is 12.4 Å². The lowest BCUT2D eigenvalue weighted by atomic mass is 10.2.